The number of hydrogen-bond acceptors (Lipinski definition) is 9. The highest BCUT2D eigenvalue weighted by Gasteiger charge is 2.29. The fourth-order valence-electron chi connectivity index (χ4n) is 4.91. The standard InChI is InChI=1S/C24H26N6O4/c1-14-9-20(29-34-14)23-27-26-22-11-21(31-2)24(28-30(22)23)33-13-18-5-3-16-10-15(4-6-19(16)25-18)17-7-8-32-12-17/h3,5,9,11,15,17H,4,6-8,10,12-13H2,1-2H3/t15?,17-/m0/s1. The number of hydrogen-bond donors (Lipinski definition) is 0. The van der Waals surface area contributed by atoms with Crippen LogP contribution in [0.2, 0.25) is 0 Å². The number of pyridine rings is 1. The van der Waals surface area contributed by atoms with Gasteiger partial charge in [0.2, 0.25) is 5.82 Å². The van der Waals surface area contributed by atoms with Gasteiger partial charge in [-0.1, -0.05) is 11.2 Å². The fraction of sp³-hybridized carbons (Fsp3) is 0.458. The van der Waals surface area contributed by atoms with Gasteiger partial charge in [-0.2, -0.15) is 4.52 Å². The van der Waals surface area contributed by atoms with Gasteiger partial charge in [-0.3, -0.25) is 4.98 Å². The lowest BCUT2D eigenvalue weighted by atomic mass is 9.78. The first-order chi connectivity index (χ1) is 16.7. The molecule has 1 aliphatic carbocycles. The number of aromatic nitrogens is 6. The Morgan fingerprint density at radius 3 is 2.88 bits per heavy atom. The molecule has 4 aromatic rings. The van der Waals surface area contributed by atoms with Crippen LogP contribution in [0.25, 0.3) is 17.2 Å². The van der Waals surface area contributed by atoms with Gasteiger partial charge < -0.3 is 18.7 Å². The number of ether oxygens (including phenoxy) is 3. The summed E-state index contributed by atoms with van der Waals surface area (Å²) >= 11 is 0. The molecule has 0 aromatic carbocycles. The van der Waals surface area contributed by atoms with Crippen LogP contribution in [0.1, 0.15) is 35.6 Å². The first-order valence-electron chi connectivity index (χ1n) is 11.6. The molecule has 176 valence electrons. The normalized spacial score (nSPS) is 19.9. The van der Waals surface area contributed by atoms with Crippen molar-refractivity contribution in [2.24, 2.45) is 11.8 Å². The molecule has 5 heterocycles. The highest BCUT2D eigenvalue weighted by molar-refractivity contribution is 5.56. The zero-order valence-corrected chi connectivity index (χ0v) is 19.2. The van der Waals surface area contributed by atoms with Crippen LogP contribution in [0.5, 0.6) is 11.6 Å². The first kappa shape index (κ1) is 21.0. The van der Waals surface area contributed by atoms with E-state index in [1.54, 1.807) is 23.8 Å². The van der Waals surface area contributed by atoms with E-state index in [0.29, 0.717) is 46.4 Å². The first-order valence-corrected chi connectivity index (χ1v) is 11.6. The number of nitrogens with zero attached hydrogens (tertiary/aromatic N) is 6. The van der Waals surface area contributed by atoms with Crippen molar-refractivity contribution in [3.05, 3.63) is 47.0 Å². The van der Waals surface area contributed by atoms with Crippen LogP contribution in [0, 0.1) is 18.8 Å². The lowest BCUT2D eigenvalue weighted by Crippen LogP contribution is -2.24. The maximum Gasteiger partial charge on any atom is 0.275 e. The van der Waals surface area contributed by atoms with E-state index in [9.17, 15) is 0 Å². The molecule has 10 heteroatoms. The molecule has 1 aliphatic heterocycles. The molecule has 1 fully saturated rings. The quantitative estimate of drug-likeness (QED) is 0.426. The summed E-state index contributed by atoms with van der Waals surface area (Å²) in [5.41, 5.74) is 4.46. The Hall–Kier alpha value is -3.53. The third kappa shape index (κ3) is 3.87. The molecular formula is C24H26N6O4. The van der Waals surface area contributed by atoms with Crippen LogP contribution in [0.4, 0.5) is 0 Å². The summed E-state index contributed by atoms with van der Waals surface area (Å²) in [5, 5.41) is 17.0. The maximum atomic E-state index is 6.05. The Morgan fingerprint density at radius 1 is 1.15 bits per heavy atom. The van der Waals surface area contributed by atoms with Crippen molar-refractivity contribution in [3.63, 3.8) is 0 Å². The SMILES string of the molecule is COc1cc2nnc(-c3cc(C)on3)n2nc1OCc1ccc2c(n1)CCC([C@H]1CCOC1)C2. The van der Waals surface area contributed by atoms with Gasteiger partial charge in [0.25, 0.3) is 5.88 Å². The molecule has 0 spiro atoms. The summed E-state index contributed by atoms with van der Waals surface area (Å²) < 4.78 is 23.9. The van der Waals surface area contributed by atoms with Gasteiger partial charge in [0.1, 0.15) is 12.4 Å². The molecule has 0 amide bonds. The summed E-state index contributed by atoms with van der Waals surface area (Å²) in [6.07, 6.45) is 4.44. The van der Waals surface area contributed by atoms with E-state index in [1.807, 2.05) is 13.0 Å². The molecule has 0 radical (unpaired) electrons. The van der Waals surface area contributed by atoms with E-state index in [1.165, 1.54) is 24.1 Å². The fourth-order valence-corrected chi connectivity index (χ4v) is 4.91. The second kappa shape index (κ2) is 8.68. The Balaban J connectivity index is 1.21. The van der Waals surface area contributed by atoms with Gasteiger partial charge in [0.05, 0.1) is 12.8 Å². The lowest BCUT2D eigenvalue weighted by Gasteiger charge is -2.28. The van der Waals surface area contributed by atoms with Gasteiger partial charge in [-0.25, -0.2) is 0 Å². The third-order valence-electron chi connectivity index (χ3n) is 6.75. The molecule has 0 saturated carbocycles. The van der Waals surface area contributed by atoms with Crippen LogP contribution >= 0.6 is 0 Å². The van der Waals surface area contributed by atoms with Crippen molar-refractivity contribution in [3.8, 4) is 23.1 Å². The summed E-state index contributed by atoms with van der Waals surface area (Å²) in [4.78, 5) is 4.89. The van der Waals surface area contributed by atoms with Crippen molar-refractivity contribution in [1.29, 1.82) is 0 Å². The minimum Gasteiger partial charge on any atom is -0.491 e. The maximum absolute atomic E-state index is 6.05. The second-order valence-corrected chi connectivity index (χ2v) is 8.96. The van der Waals surface area contributed by atoms with E-state index in [2.05, 4.69) is 26.5 Å². The second-order valence-electron chi connectivity index (χ2n) is 8.96. The molecule has 10 nitrogen and oxygen atoms in total. The van der Waals surface area contributed by atoms with E-state index in [4.69, 9.17) is 23.7 Å². The highest BCUT2D eigenvalue weighted by Crippen LogP contribution is 2.34. The zero-order valence-electron chi connectivity index (χ0n) is 19.2. The van der Waals surface area contributed by atoms with E-state index in [-0.39, 0.29) is 6.61 Å². The van der Waals surface area contributed by atoms with Crippen LogP contribution < -0.4 is 9.47 Å². The van der Waals surface area contributed by atoms with E-state index < -0.39 is 0 Å². The van der Waals surface area contributed by atoms with E-state index >= 15 is 0 Å². The van der Waals surface area contributed by atoms with Crippen LogP contribution in [-0.2, 0) is 24.2 Å². The van der Waals surface area contributed by atoms with Crippen LogP contribution in [0.3, 0.4) is 0 Å². The molecule has 4 aromatic heterocycles. The Bertz CT molecular complexity index is 1330. The topological polar surface area (TPSA) is 110 Å². The number of fused-ring (bicyclic) bond motifs is 2. The number of methoxy groups -OCH3 is 1. The van der Waals surface area contributed by atoms with Gasteiger partial charge >= 0.3 is 0 Å². The van der Waals surface area contributed by atoms with Gasteiger partial charge in [-0.05, 0) is 56.1 Å². The highest BCUT2D eigenvalue weighted by atomic mass is 16.5. The molecular weight excluding hydrogens is 436 g/mol. The van der Waals surface area contributed by atoms with Gasteiger partial charge in [0, 0.05) is 31.0 Å². The largest absolute Gasteiger partial charge is 0.491 e. The zero-order chi connectivity index (χ0) is 23.1. The summed E-state index contributed by atoms with van der Waals surface area (Å²) in [6, 6.07) is 7.75. The van der Waals surface area contributed by atoms with Gasteiger partial charge in [0.15, 0.2) is 17.1 Å². The number of rotatable bonds is 6. The average molecular weight is 463 g/mol. The lowest BCUT2D eigenvalue weighted by molar-refractivity contribution is 0.167. The van der Waals surface area contributed by atoms with Crippen LogP contribution in [-0.4, -0.2) is 50.3 Å². The minimum atomic E-state index is 0.280. The van der Waals surface area contributed by atoms with Crippen LogP contribution in [0.15, 0.2) is 28.8 Å². The molecule has 1 saturated heterocycles. The third-order valence-corrected chi connectivity index (χ3v) is 6.75. The molecule has 2 aliphatic rings. The number of aryl methyl sites for hydroxylation is 2. The molecule has 0 N–H and O–H groups in total. The molecule has 34 heavy (non-hydrogen) atoms. The Morgan fingerprint density at radius 2 is 2.09 bits per heavy atom. The smallest absolute Gasteiger partial charge is 0.275 e. The Labute approximate surface area is 196 Å². The van der Waals surface area contributed by atoms with Crippen molar-refractivity contribution in [1.82, 2.24) is 30.0 Å². The summed E-state index contributed by atoms with van der Waals surface area (Å²) in [5.74, 6) is 3.34. The van der Waals surface area contributed by atoms with Crippen molar-refractivity contribution in [2.45, 2.75) is 39.2 Å². The molecule has 0 bridgehead atoms. The average Bonchev–Trinajstić information content (AvgIpc) is 3.62. The van der Waals surface area contributed by atoms with Gasteiger partial charge in [-0.15, -0.1) is 15.3 Å². The predicted molar refractivity (Wildman–Crippen MR) is 121 cm³/mol. The van der Waals surface area contributed by atoms with Crippen molar-refractivity contribution >= 4 is 5.65 Å². The van der Waals surface area contributed by atoms with Crippen molar-refractivity contribution in [2.75, 3.05) is 20.3 Å². The minimum absolute atomic E-state index is 0.280. The molecule has 1 unspecified atom stereocenters. The summed E-state index contributed by atoms with van der Waals surface area (Å²) in [7, 11) is 1.57. The molecule has 6 rings (SSSR count). The van der Waals surface area contributed by atoms with E-state index in [0.717, 1.165) is 31.7 Å². The predicted octanol–water partition coefficient (Wildman–Crippen LogP) is 3.21. The Kier molecular flexibility index (Phi) is 5.37. The molecule has 2 atom stereocenters. The monoisotopic (exact) mass is 462 g/mol. The van der Waals surface area contributed by atoms with Crippen molar-refractivity contribution < 1.29 is 18.7 Å². The summed E-state index contributed by atoms with van der Waals surface area (Å²) in [6.45, 7) is 3.91.